The number of amides is 1. The van der Waals surface area contributed by atoms with Gasteiger partial charge in [-0.3, -0.25) is 4.79 Å². The normalized spacial score (nSPS) is 11.9. The standard InChI is InChI=1S/C17H18F2N2O/c1-11(13-6-9-15(18)16(19)10-13)20-17(22)12-4-7-14(8-5-12)21(2)3/h4-11H,1-3H3,(H,20,22)/t11-/m1/s1. The maximum atomic E-state index is 13.2. The van der Waals surface area contributed by atoms with Crippen LogP contribution in [0, 0.1) is 11.6 Å². The Morgan fingerprint density at radius 1 is 1.05 bits per heavy atom. The minimum absolute atomic E-state index is 0.262. The van der Waals surface area contributed by atoms with E-state index in [0.29, 0.717) is 11.1 Å². The van der Waals surface area contributed by atoms with E-state index in [4.69, 9.17) is 0 Å². The molecular weight excluding hydrogens is 286 g/mol. The van der Waals surface area contributed by atoms with Gasteiger partial charge in [-0.25, -0.2) is 8.78 Å². The Morgan fingerprint density at radius 2 is 1.68 bits per heavy atom. The molecule has 0 aliphatic heterocycles. The van der Waals surface area contributed by atoms with Gasteiger partial charge in [0.25, 0.3) is 5.91 Å². The molecule has 1 amide bonds. The van der Waals surface area contributed by atoms with Gasteiger partial charge < -0.3 is 10.2 Å². The van der Waals surface area contributed by atoms with Gasteiger partial charge in [0.05, 0.1) is 6.04 Å². The van der Waals surface area contributed by atoms with Crippen molar-refractivity contribution in [2.75, 3.05) is 19.0 Å². The molecular formula is C17H18F2N2O. The smallest absolute Gasteiger partial charge is 0.251 e. The Balaban J connectivity index is 2.08. The summed E-state index contributed by atoms with van der Waals surface area (Å²) >= 11 is 0. The molecule has 5 heteroatoms. The molecule has 2 rings (SSSR count). The lowest BCUT2D eigenvalue weighted by Gasteiger charge is -2.16. The molecule has 0 spiro atoms. The van der Waals surface area contributed by atoms with Gasteiger partial charge in [0.15, 0.2) is 11.6 Å². The fourth-order valence-electron chi connectivity index (χ4n) is 2.06. The molecule has 0 heterocycles. The van der Waals surface area contributed by atoms with Crippen LogP contribution >= 0.6 is 0 Å². The lowest BCUT2D eigenvalue weighted by Crippen LogP contribution is -2.26. The van der Waals surface area contributed by atoms with Crippen LogP contribution in [-0.4, -0.2) is 20.0 Å². The molecule has 3 nitrogen and oxygen atoms in total. The van der Waals surface area contributed by atoms with Crippen molar-refractivity contribution in [1.82, 2.24) is 5.32 Å². The van der Waals surface area contributed by atoms with E-state index in [2.05, 4.69) is 5.32 Å². The van der Waals surface area contributed by atoms with E-state index < -0.39 is 17.7 Å². The van der Waals surface area contributed by atoms with E-state index in [-0.39, 0.29) is 5.91 Å². The first-order valence-corrected chi connectivity index (χ1v) is 6.91. The minimum Gasteiger partial charge on any atom is -0.378 e. The molecule has 0 aromatic heterocycles. The van der Waals surface area contributed by atoms with Gasteiger partial charge in [-0.15, -0.1) is 0 Å². The third kappa shape index (κ3) is 3.61. The quantitative estimate of drug-likeness (QED) is 0.937. The predicted molar refractivity (Wildman–Crippen MR) is 83.0 cm³/mol. The molecule has 0 saturated carbocycles. The highest BCUT2D eigenvalue weighted by Crippen LogP contribution is 2.17. The number of carbonyl (C=O) groups excluding carboxylic acids is 1. The summed E-state index contributed by atoms with van der Waals surface area (Å²) in [6, 6.07) is 10.3. The first kappa shape index (κ1) is 15.9. The van der Waals surface area contributed by atoms with Gasteiger partial charge in [-0.1, -0.05) is 6.07 Å². The number of benzene rings is 2. The Bertz CT molecular complexity index is 669. The predicted octanol–water partition coefficient (Wildman–Crippen LogP) is 3.52. The summed E-state index contributed by atoms with van der Waals surface area (Å²) in [4.78, 5) is 14.1. The van der Waals surface area contributed by atoms with Crippen molar-refractivity contribution in [3.05, 3.63) is 65.2 Å². The van der Waals surface area contributed by atoms with Crippen LogP contribution in [0.3, 0.4) is 0 Å². The van der Waals surface area contributed by atoms with Crippen LogP contribution in [0.1, 0.15) is 28.9 Å². The second-order valence-electron chi connectivity index (χ2n) is 5.31. The van der Waals surface area contributed by atoms with Crippen molar-refractivity contribution in [2.45, 2.75) is 13.0 Å². The second-order valence-corrected chi connectivity index (χ2v) is 5.31. The molecule has 0 saturated heterocycles. The summed E-state index contributed by atoms with van der Waals surface area (Å²) in [6.45, 7) is 1.72. The maximum absolute atomic E-state index is 13.2. The highest BCUT2D eigenvalue weighted by molar-refractivity contribution is 5.94. The number of nitrogens with one attached hydrogen (secondary N) is 1. The topological polar surface area (TPSA) is 32.3 Å². The number of nitrogens with zero attached hydrogens (tertiary/aromatic N) is 1. The Kier molecular flexibility index (Phi) is 4.75. The maximum Gasteiger partial charge on any atom is 0.251 e. The second kappa shape index (κ2) is 6.56. The first-order chi connectivity index (χ1) is 10.4. The van der Waals surface area contributed by atoms with Crippen molar-refractivity contribution in [3.8, 4) is 0 Å². The zero-order chi connectivity index (χ0) is 16.3. The SMILES string of the molecule is C[C@@H](NC(=O)c1ccc(N(C)C)cc1)c1ccc(F)c(F)c1. The summed E-state index contributed by atoms with van der Waals surface area (Å²) in [5.74, 6) is -2.09. The van der Waals surface area contributed by atoms with E-state index >= 15 is 0 Å². The summed E-state index contributed by atoms with van der Waals surface area (Å²) < 4.78 is 26.2. The highest BCUT2D eigenvalue weighted by Gasteiger charge is 2.13. The monoisotopic (exact) mass is 304 g/mol. The summed E-state index contributed by atoms with van der Waals surface area (Å²) in [6.07, 6.45) is 0. The average Bonchev–Trinajstić information content (AvgIpc) is 2.50. The summed E-state index contributed by atoms with van der Waals surface area (Å²) in [5.41, 5.74) is 2.02. The Morgan fingerprint density at radius 3 is 2.23 bits per heavy atom. The van der Waals surface area contributed by atoms with E-state index in [0.717, 1.165) is 17.8 Å². The molecule has 1 N–H and O–H groups in total. The van der Waals surface area contributed by atoms with Gasteiger partial charge in [-0.2, -0.15) is 0 Å². The number of anilines is 1. The molecule has 0 unspecified atom stereocenters. The molecule has 1 atom stereocenters. The Labute approximate surface area is 128 Å². The number of hydrogen-bond donors (Lipinski definition) is 1. The highest BCUT2D eigenvalue weighted by atomic mass is 19.2. The summed E-state index contributed by atoms with van der Waals surface area (Å²) in [5, 5.41) is 2.77. The molecule has 0 aliphatic carbocycles. The molecule has 0 fully saturated rings. The molecule has 0 aliphatic rings. The largest absolute Gasteiger partial charge is 0.378 e. The fourth-order valence-corrected chi connectivity index (χ4v) is 2.06. The zero-order valence-corrected chi connectivity index (χ0v) is 12.7. The van der Waals surface area contributed by atoms with Crippen LogP contribution in [0.25, 0.3) is 0 Å². The van der Waals surface area contributed by atoms with Crippen molar-refractivity contribution in [3.63, 3.8) is 0 Å². The Hall–Kier alpha value is -2.43. The molecule has 2 aromatic rings. The molecule has 0 radical (unpaired) electrons. The van der Waals surface area contributed by atoms with Gasteiger partial charge in [0.1, 0.15) is 0 Å². The van der Waals surface area contributed by atoms with Crippen molar-refractivity contribution < 1.29 is 13.6 Å². The number of rotatable bonds is 4. The minimum atomic E-state index is -0.922. The van der Waals surface area contributed by atoms with Crippen molar-refractivity contribution in [1.29, 1.82) is 0 Å². The van der Waals surface area contributed by atoms with Crippen LogP contribution in [0.15, 0.2) is 42.5 Å². The first-order valence-electron chi connectivity index (χ1n) is 6.91. The molecule has 0 bridgehead atoms. The fraction of sp³-hybridized carbons (Fsp3) is 0.235. The molecule has 22 heavy (non-hydrogen) atoms. The van der Waals surface area contributed by atoms with E-state index in [1.807, 2.05) is 31.1 Å². The van der Waals surface area contributed by atoms with E-state index in [1.165, 1.54) is 6.07 Å². The van der Waals surface area contributed by atoms with E-state index in [1.54, 1.807) is 19.1 Å². The van der Waals surface area contributed by atoms with E-state index in [9.17, 15) is 13.6 Å². The number of carbonyl (C=O) groups is 1. The van der Waals surface area contributed by atoms with Gasteiger partial charge in [0, 0.05) is 25.3 Å². The average molecular weight is 304 g/mol. The lowest BCUT2D eigenvalue weighted by atomic mass is 10.1. The third-order valence-electron chi connectivity index (χ3n) is 3.44. The van der Waals surface area contributed by atoms with Crippen LogP contribution in [0.5, 0.6) is 0 Å². The van der Waals surface area contributed by atoms with Crippen LogP contribution in [0.4, 0.5) is 14.5 Å². The van der Waals surface area contributed by atoms with Crippen LogP contribution in [-0.2, 0) is 0 Å². The van der Waals surface area contributed by atoms with Crippen LogP contribution in [0.2, 0.25) is 0 Å². The van der Waals surface area contributed by atoms with Crippen molar-refractivity contribution >= 4 is 11.6 Å². The summed E-state index contributed by atoms with van der Waals surface area (Å²) in [7, 11) is 3.83. The van der Waals surface area contributed by atoms with Crippen LogP contribution < -0.4 is 10.2 Å². The van der Waals surface area contributed by atoms with Gasteiger partial charge >= 0.3 is 0 Å². The molecule has 116 valence electrons. The zero-order valence-electron chi connectivity index (χ0n) is 12.7. The molecule has 2 aromatic carbocycles. The van der Waals surface area contributed by atoms with Gasteiger partial charge in [-0.05, 0) is 48.9 Å². The van der Waals surface area contributed by atoms with Gasteiger partial charge in [0.2, 0.25) is 0 Å². The van der Waals surface area contributed by atoms with Crippen molar-refractivity contribution in [2.24, 2.45) is 0 Å². The third-order valence-corrected chi connectivity index (χ3v) is 3.44. The lowest BCUT2D eigenvalue weighted by molar-refractivity contribution is 0.0940. The number of hydrogen-bond acceptors (Lipinski definition) is 2. The number of halogens is 2.